The van der Waals surface area contributed by atoms with E-state index in [1.165, 1.54) is 6.07 Å². The number of hydrogen-bond donors (Lipinski definition) is 10. The standard InChI is InChI=1S/C56H45BN2O10/c1-30-13-9-26-42-45(30)40-22-7-8-25-41(40)59(42)35-19-10-18-34(27-35)46(31(2)61)53(66)56(69)58(28-43(62)51(64)47(44(63)29-60)38-23-11-16-32-14-3-5-20-36(32)38)50-54(67)49(57)48(52(65)55(50)68)39-24-12-17-33-15-4-6-21-37(33)39/h3-27,56,60-69H,2,28-29H2,1H3/b47-44+,51-43-,53-46-. The van der Waals surface area contributed by atoms with Crippen molar-refractivity contribution in [2.75, 3.05) is 18.1 Å². The second-order valence-electron chi connectivity index (χ2n) is 16.6. The van der Waals surface area contributed by atoms with Gasteiger partial charge in [-0.25, -0.2) is 0 Å². The summed E-state index contributed by atoms with van der Waals surface area (Å²) in [4.78, 5) is 0.619. The predicted molar refractivity (Wildman–Crippen MR) is 273 cm³/mol. The number of aromatic nitrogens is 1. The van der Waals surface area contributed by atoms with Crippen LogP contribution < -0.4 is 10.4 Å². The monoisotopic (exact) mass is 916 g/mol. The van der Waals surface area contributed by atoms with E-state index in [1.807, 2.05) is 72.2 Å². The number of allylic oxidation sites excluding steroid dienone is 2. The van der Waals surface area contributed by atoms with Gasteiger partial charge in [0.15, 0.2) is 35.0 Å². The van der Waals surface area contributed by atoms with Crippen LogP contribution in [0.25, 0.3) is 71.3 Å². The van der Waals surface area contributed by atoms with Gasteiger partial charge in [-0.05, 0) is 80.5 Å². The lowest BCUT2D eigenvalue weighted by Gasteiger charge is -2.33. The Hall–Kier alpha value is -8.78. The Labute approximate surface area is 396 Å². The average Bonchev–Trinajstić information content (AvgIpc) is 3.71. The quantitative estimate of drug-likeness (QED) is 0.0139. The van der Waals surface area contributed by atoms with Gasteiger partial charge < -0.3 is 60.5 Å². The molecule has 0 aliphatic carbocycles. The fourth-order valence-electron chi connectivity index (χ4n) is 9.33. The average molecular weight is 917 g/mol. The maximum Gasteiger partial charge on any atom is 0.187 e. The van der Waals surface area contributed by atoms with E-state index in [2.05, 4.69) is 6.58 Å². The van der Waals surface area contributed by atoms with Gasteiger partial charge in [-0.3, -0.25) is 0 Å². The molecule has 342 valence electrons. The van der Waals surface area contributed by atoms with Gasteiger partial charge in [-0.1, -0.05) is 134 Å². The van der Waals surface area contributed by atoms with Crippen LogP contribution in [0.5, 0.6) is 17.2 Å². The van der Waals surface area contributed by atoms with Crippen LogP contribution in [0.3, 0.4) is 0 Å². The van der Waals surface area contributed by atoms with Gasteiger partial charge in [0.25, 0.3) is 0 Å². The molecular weight excluding hydrogens is 871 g/mol. The van der Waals surface area contributed by atoms with Crippen molar-refractivity contribution in [3.8, 4) is 34.1 Å². The SMILES string of the molecule is [B]c1c(O)c(N(C/C(O)=C(O)\C(=C(\O)CO)c2cccc3ccccc23)C(O)/C(O)=C(\C(=C)O)c2cccc(-n3c4ccccc4c4c(C)cccc43)c2)c(O)c(O)c1-c1cccc2ccccc12. The lowest BCUT2D eigenvalue weighted by atomic mass is 9.82. The van der Waals surface area contributed by atoms with Crippen molar-refractivity contribution < 1.29 is 51.1 Å². The molecule has 8 aromatic carbocycles. The van der Waals surface area contributed by atoms with Crippen molar-refractivity contribution in [3.63, 3.8) is 0 Å². The smallest absolute Gasteiger partial charge is 0.187 e. The number of benzene rings is 8. The molecule has 1 aromatic heterocycles. The molecule has 2 radical (unpaired) electrons. The minimum atomic E-state index is -2.46. The number of anilines is 1. The van der Waals surface area contributed by atoms with E-state index in [4.69, 9.17) is 7.85 Å². The number of aromatic hydroxyl groups is 3. The van der Waals surface area contributed by atoms with Gasteiger partial charge in [0.1, 0.15) is 37.4 Å². The Morgan fingerprint density at radius 3 is 1.94 bits per heavy atom. The Morgan fingerprint density at radius 2 is 1.23 bits per heavy atom. The number of para-hydroxylation sites is 1. The van der Waals surface area contributed by atoms with Crippen LogP contribution in [-0.4, -0.2) is 82.9 Å². The normalized spacial score (nSPS) is 13.3. The van der Waals surface area contributed by atoms with E-state index < -0.39 is 87.7 Å². The van der Waals surface area contributed by atoms with Crippen LogP contribution in [0.15, 0.2) is 187 Å². The first-order valence-corrected chi connectivity index (χ1v) is 21.8. The molecule has 0 fully saturated rings. The fraction of sp³-hybridized carbons (Fsp3) is 0.0714. The second-order valence-corrected chi connectivity index (χ2v) is 16.6. The van der Waals surface area contributed by atoms with Crippen LogP contribution in [-0.2, 0) is 0 Å². The van der Waals surface area contributed by atoms with E-state index in [-0.39, 0.29) is 16.7 Å². The topological polar surface area (TPSA) is 210 Å². The Bertz CT molecular complexity index is 3610. The third-order valence-corrected chi connectivity index (χ3v) is 12.5. The molecule has 13 heteroatoms. The highest BCUT2D eigenvalue weighted by Crippen LogP contribution is 2.49. The molecule has 1 atom stereocenters. The Morgan fingerprint density at radius 1 is 0.638 bits per heavy atom. The second kappa shape index (κ2) is 18.1. The highest BCUT2D eigenvalue weighted by Gasteiger charge is 2.35. The number of aliphatic hydroxyl groups is 7. The van der Waals surface area contributed by atoms with Crippen LogP contribution in [0.2, 0.25) is 0 Å². The first kappa shape index (κ1) is 45.4. The molecule has 0 saturated carbocycles. The van der Waals surface area contributed by atoms with Crippen molar-refractivity contribution >= 4 is 73.5 Å². The summed E-state index contributed by atoms with van der Waals surface area (Å²) in [5.41, 5.74) is 1.71. The first-order chi connectivity index (χ1) is 33.2. The molecule has 0 aliphatic rings. The highest BCUT2D eigenvalue weighted by molar-refractivity contribution is 6.40. The van der Waals surface area contributed by atoms with E-state index in [1.54, 1.807) is 84.9 Å². The predicted octanol–water partition coefficient (Wildman–Crippen LogP) is 10.4. The van der Waals surface area contributed by atoms with E-state index >= 15 is 0 Å². The lowest BCUT2D eigenvalue weighted by molar-refractivity contribution is 0.146. The first-order valence-electron chi connectivity index (χ1n) is 21.8. The number of phenolic OH excluding ortho intramolecular Hbond substituents is 3. The summed E-state index contributed by atoms with van der Waals surface area (Å²) in [5.74, 6) is -7.41. The lowest BCUT2D eigenvalue weighted by Crippen LogP contribution is -2.40. The van der Waals surface area contributed by atoms with Gasteiger partial charge in [0.05, 0.1) is 28.7 Å². The number of aliphatic hydroxyl groups excluding tert-OH is 7. The van der Waals surface area contributed by atoms with Crippen molar-refractivity contribution in [2.45, 2.75) is 13.2 Å². The third-order valence-electron chi connectivity index (χ3n) is 12.5. The molecule has 0 spiro atoms. The van der Waals surface area contributed by atoms with Crippen molar-refractivity contribution in [1.29, 1.82) is 0 Å². The Balaban J connectivity index is 1.24. The largest absolute Gasteiger partial charge is 0.509 e. The summed E-state index contributed by atoms with van der Waals surface area (Å²) in [6.45, 7) is 3.61. The van der Waals surface area contributed by atoms with Gasteiger partial charge in [-0.15, -0.1) is 0 Å². The van der Waals surface area contributed by atoms with Gasteiger partial charge in [0, 0.05) is 22.0 Å². The molecule has 1 unspecified atom stereocenters. The minimum Gasteiger partial charge on any atom is -0.509 e. The number of hydrogen-bond acceptors (Lipinski definition) is 11. The number of rotatable bonds is 12. The zero-order chi connectivity index (χ0) is 48.8. The summed E-state index contributed by atoms with van der Waals surface area (Å²) < 4.78 is 2.01. The van der Waals surface area contributed by atoms with Crippen molar-refractivity contribution in [3.05, 3.63) is 204 Å². The summed E-state index contributed by atoms with van der Waals surface area (Å²) >= 11 is 0. The summed E-state index contributed by atoms with van der Waals surface area (Å²) in [6, 6.07) is 44.6. The van der Waals surface area contributed by atoms with Crippen LogP contribution in [0, 0.1) is 6.92 Å². The zero-order valence-electron chi connectivity index (χ0n) is 37.1. The fourth-order valence-corrected chi connectivity index (χ4v) is 9.33. The molecular formula is C56H45BN2O10. The molecule has 1 heterocycles. The number of aryl methyl sites for hydroxylation is 1. The van der Waals surface area contributed by atoms with Gasteiger partial charge in [0.2, 0.25) is 0 Å². The highest BCUT2D eigenvalue weighted by atomic mass is 16.3. The molecule has 0 bridgehead atoms. The summed E-state index contributed by atoms with van der Waals surface area (Å²) in [5, 5.41) is 121. The molecule has 69 heavy (non-hydrogen) atoms. The molecule has 0 aliphatic heterocycles. The molecule has 0 amide bonds. The van der Waals surface area contributed by atoms with E-state index in [0.717, 1.165) is 32.8 Å². The number of phenols is 3. The molecule has 12 nitrogen and oxygen atoms in total. The number of fused-ring (bicyclic) bond motifs is 5. The van der Waals surface area contributed by atoms with Gasteiger partial charge in [-0.2, -0.15) is 0 Å². The third kappa shape index (κ3) is 7.75. The van der Waals surface area contributed by atoms with Crippen molar-refractivity contribution in [1.82, 2.24) is 4.57 Å². The van der Waals surface area contributed by atoms with Crippen LogP contribution in [0.4, 0.5) is 5.69 Å². The minimum absolute atomic E-state index is 0.147. The summed E-state index contributed by atoms with van der Waals surface area (Å²) in [6.07, 6.45) is -2.46. The number of nitrogens with zero attached hydrogens (tertiary/aromatic N) is 2. The van der Waals surface area contributed by atoms with Gasteiger partial charge >= 0.3 is 0 Å². The maximum atomic E-state index is 12.4. The maximum absolute atomic E-state index is 12.4. The molecule has 9 aromatic rings. The zero-order valence-corrected chi connectivity index (χ0v) is 37.1. The Kier molecular flexibility index (Phi) is 11.9. The van der Waals surface area contributed by atoms with Crippen LogP contribution >= 0.6 is 0 Å². The summed E-state index contributed by atoms with van der Waals surface area (Å²) in [7, 11) is 6.61. The molecule has 10 N–H and O–H groups in total. The van der Waals surface area contributed by atoms with E-state index in [0.29, 0.717) is 32.3 Å². The molecule has 9 rings (SSSR count). The molecule has 0 saturated heterocycles. The van der Waals surface area contributed by atoms with E-state index in [9.17, 15) is 51.1 Å². The van der Waals surface area contributed by atoms with Crippen molar-refractivity contribution in [2.24, 2.45) is 0 Å². The van der Waals surface area contributed by atoms with Crippen LogP contribution in [0.1, 0.15) is 16.7 Å².